The van der Waals surface area contributed by atoms with Crippen molar-refractivity contribution in [2.45, 2.75) is 13.2 Å². The summed E-state index contributed by atoms with van der Waals surface area (Å²) in [6.07, 6.45) is 0. The summed E-state index contributed by atoms with van der Waals surface area (Å²) in [7, 11) is 1.63. The summed E-state index contributed by atoms with van der Waals surface area (Å²) in [6, 6.07) is 14.4. The number of nitrogens with zero attached hydrogens (tertiary/aromatic N) is 1. The van der Waals surface area contributed by atoms with Crippen molar-refractivity contribution in [3.8, 4) is 16.9 Å². The molecule has 3 rings (SSSR count). The number of hydrogen-bond donors (Lipinski definition) is 1. The zero-order valence-electron chi connectivity index (χ0n) is 13.5. The highest BCUT2D eigenvalue weighted by Gasteiger charge is 2.14. The van der Waals surface area contributed by atoms with Crippen molar-refractivity contribution < 1.29 is 14.6 Å². The second-order valence-corrected chi connectivity index (χ2v) is 5.73. The lowest BCUT2D eigenvalue weighted by atomic mass is 9.97. The van der Waals surface area contributed by atoms with E-state index in [0.717, 1.165) is 49.7 Å². The molecule has 122 valence electrons. The number of methoxy groups -OCH3 is 1. The number of morpholine rings is 1. The molecule has 0 aliphatic carbocycles. The molecule has 0 unspecified atom stereocenters. The van der Waals surface area contributed by atoms with Crippen molar-refractivity contribution >= 4 is 0 Å². The van der Waals surface area contributed by atoms with Crippen LogP contribution in [0.5, 0.6) is 5.75 Å². The summed E-state index contributed by atoms with van der Waals surface area (Å²) in [4.78, 5) is 2.42. The molecule has 1 saturated heterocycles. The fourth-order valence-electron chi connectivity index (χ4n) is 3.01. The molecule has 23 heavy (non-hydrogen) atoms. The maximum atomic E-state index is 9.55. The van der Waals surface area contributed by atoms with Crippen LogP contribution in [0.1, 0.15) is 11.1 Å². The van der Waals surface area contributed by atoms with E-state index in [4.69, 9.17) is 9.47 Å². The van der Waals surface area contributed by atoms with Gasteiger partial charge in [0.05, 0.1) is 26.9 Å². The second kappa shape index (κ2) is 7.59. The molecule has 1 fully saturated rings. The van der Waals surface area contributed by atoms with E-state index >= 15 is 0 Å². The Morgan fingerprint density at radius 3 is 2.61 bits per heavy atom. The number of aliphatic hydroxyl groups excluding tert-OH is 1. The molecule has 0 saturated carbocycles. The largest absolute Gasteiger partial charge is 0.496 e. The third-order valence-electron chi connectivity index (χ3n) is 4.28. The molecule has 1 heterocycles. The zero-order chi connectivity index (χ0) is 16.1. The van der Waals surface area contributed by atoms with E-state index in [0.29, 0.717) is 0 Å². The van der Waals surface area contributed by atoms with Gasteiger partial charge in [0.2, 0.25) is 0 Å². The van der Waals surface area contributed by atoms with E-state index in [1.807, 2.05) is 12.1 Å². The Kier molecular flexibility index (Phi) is 5.28. The quantitative estimate of drug-likeness (QED) is 0.921. The standard InChI is InChI=1S/C19H23NO3/c1-22-19-7-6-15(12-17(19)14-21)18-5-3-2-4-16(18)13-20-8-10-23-11-9-20/h2-7,12,21H,8-11,13-14H2,1H3. The van der Waals surface area contributed by atoms with Crippen molar-refractivity contribution in [3.63, 3.8) is 0 Å². The average Bonchev–Trinajstić information content (AvgIpc) is 2.62. The Labute approximate surface area is 137 Å². The van der Waals surface area contributed by atoms with Gasteiger partial charge in [0.25, 0.3) is 0 Å². The van der Waals surface area contributed by atoms with Gasteiger partial charge in [-0.25, -0.2) is 0 Å². The van der Waals surface area contributed by atoms with Crippen molar-refractivity contribution in [1.29, 1.82) is 0 Å². The third-order valence-corrected chi connectivity index (χ3v) is 4.28. The predicted molar refractivity (Wildman–Crippen MR) is 90.4 cm³/mol. The summed E-state index contributed by atoms with van der Waals surface area (Å²) in [5, 5.41) is 9.55. The number of hydrogen-bond acceptors (Lipinski definition) is 4. The van der Waals surface area contributed by atoms with Crippen molar-refractivity contribution in [2.75, 3.05) is 33.4 Å². The first-order valence-corrected chi connectivity index (χ1v) is 7.98. The van der Waals surface area contributed by atoms with Gasteiger partial charge in [0.15, 0.2) is 0 Å². The Bertz CT molecular complexity index is 651. The van der Waals surface area contributed by atoms with Crippen molar-refractivity contribution in [2.24, 2.45) is 0 Å². The van der Waals surface area contributed by atoms with Crippen molar-refractivity contribution in [1.82, 2.24) is 4.90 Å². The Balaban J connectivity index is 1.90. The first kappa shape index (κ1) is 16.0. The van der Waals surface area contributed by atoms with Crippen LogP contribution in [0, 0.1) is 0 Å². The molecule has 1 aliphatic heterocycles. The van der Waals surface area contributed by atoms with Crippen LogP contribution in [-0.2, 0) is 17.9 Å². The molecule has 0 bridgehead atoms. The topological polar surface area (TPSA) is 41.9 Å². The third kappa shape index (κ3) is 3.72. The van der Waals surface area contributed by atoms with Gasteiger partial charge < -0.3 is 14.6 Å². The van der Waals surface area contributed by atoms with Gasteiger partial charge in [-0.2, -0.15) is 0 Å². The van der Waals surface area contributed by atoms with Crippen LogP contribution in [0.3, 0.4) is 0 Å². The van der Waals surface area contributed by atoms with E-state index in [2.05, 4.69) is 35.2 Å². The minimum atomic E-state index is -0.0252. The summed E-state index contributed by atoms with van der Waals surface area (Å²) in [5.41, 5.74) is 4.42. The molecule has 2 aromatic rings. The van der Waals surface area contributed by atoms with Crippen LogP contribution < -0.4 is 4.74 Å². The molecule has 0 spiro atoms. The number of aliphatic hydroxyl groups is 1. The fourth-order valence-corrected chi connectivity index (χ4v) is 3.01. The molecule has 4 nitrogen and oxygen atoms in total. The molecule has 4 heteroatoms. The highest BCUT2D eigenvalue weighted by atomic mass is 16.5. The minimum absolute atomic E-state index is 0.0252. The summed E-state index contributed by atoms with van der Waals surface area (Å²) in [5.74, 6) is 0.724. The molecular formula is C19H23NO3. The molecule has 0 atom stereocenters. The molecule has 0 radical (unpaired) electrons. The van der Waals surface area contributed by atoms with Gasteiger partial charge in [-0.15, -0.1) is 0 Å². The lowest BCUT2D eigenvalue weighted by Gasteiger charge is -2.27. The summed E-state index contributed by atoms with van der Waals surface area (Å²) >= 11 is 0. The Hall–Kier alpha value is -1.88. The Morgan fingerprint density at radius 2 is 1.87 bits per heavy atom. The van der Waals surface area contributed by atoms with E-state index in [1.54, 1.807) is 7.11 Å². The number of ether oxygens (including phenoxy) is 2. The highest BCUT2D eigenvalue weighted by molar-refractivity contribution is 5.69. The van der Waals surface area contributed by atoms with Crippen LogP contribution >= 0.6 is 0 Å². The van der Waals surface area contributed by atoms with E-state index < -0.39 is 0 Å². The SMILES string of the molecule is COc1ccc(-c2ccccc2CN2CCOCC2)cc1CO. The number of rotatable bonds is 5. The van der Waals surface area contributed by atoms with E-state index in [-0.39, 0.29) is 6.61 Å². The predicted octanol–water partition coefficient (Wildman–Crippen LogP) is 2.69. The van der Waals surface area contributed by atoms with Gasteiger partial charge in [0, 0.05) is 25.2 Å². The van der Waals surface area contributed by atoms with Crippen LogP contribution in [-0.4, -0.2) is 43.4 Å². The smallest absolute Gasteiger partial charge is 0.124 e. The van der Waals surface area contributed by atoms with E-state index in [1.165, 1.54) is 11.1 Å². The minimum Gasteiger partial charge on any atom is -0.496 e. The maximum absolute atomic E-state index is 9.55. The normalized spacial score (nSPS) is 15.6. The molecule has 2 aromatic carbocycles. The molecule has 1 N–H and O–H groups in total. The van der Waals surface area contributed by atoms with Gasteiger partial charge in [-0.3, -0.25) is 4.90 Å². The summed E-state index contributed by atoms with van der Waals surface area (Å²) in [6.45, 7) is 4.44. The van der Waals surface area contributed by atoms with Gasteiger partial charge >= 0.3 is 0 Å². The molecule has 0 amide bonds. The lowest BCUT2D eigenvalue weighted by molar-refractivity contribution is 0.0342. The molecular weight excluding hydrogens is 290 g/mol. The molecule has 1 aliphatic rings. The zero-order valence-corrected chi connectivity index (χ0v) is 13.5. The second-order valence-electron chi connectivity index (χ2n) is 5.73. The average molecular weight is 313 g/mol. The fraction of sp³-hybridized carbons (Fsp3) is 0.368. The Morgan fingerprint density at radius 1 is 1.09 bits per heavy atom. The van der Waals surface area contributed by atoms with Gasteiger partial charge in [-0.1, -0.05) is 30.3 Å². The van der Waals surface area contributed by atoms with Crippen LogP contribution in [0.2, 0.25) is 0 Å². The maximum Gasteiger partial charge on any atom is 0.124 e. The highest BCUT2D eigenvalue weighted by Crippen LogP contribution is 2.29. The first-order chi connectivity index (χ1) is 11.3. The van der Waals surface area contributed by atoms with E-state index in [9.17, 15) is 5.11 Å². The number of benzene rings is 2. The van der Waals surface area contributed by atoms with Crippen LogP contribution in [0.4, 0.5) is 0 Å². The lowest BCUT2D eigenvalue weighted by Crippen LogP contribution is -2.35. The summed E-state index contributed by atoms with van der Waals surface area (Å²) < 4.78 is 10.7. The van der Waals surface area contributed by atoms with Crippen LogP contribution in [0.25, 0.3) is 11.1 Å². The van der Waals surface area contributed by atoms with Gasteiger partial charge in [0.1, 0.15) is 5.75 Å². The van der Waals surface area contributed by atoms with Crippen molar-refractivity contribution in [3.05, 3.63) is 53.6 Å². The van der Waals surface area contributed by atoms with Crippen LogP contribution in [0.15, 0.2) is 42.5 Å². The molecule has 0 aromatic heterocycles. The monoisotopic (exact) mass is 313 g/mol. The first-order valence-electron chi connectivity index (χ1n) is 7.98. The van der Waals surface area contributed by atoms with Gasteiger partial charge in [-0.05, 0) is 28.8 Å².